The molecule has 0 aromatic rings. The fourth-order valence-corrected chi connectivity index (χ4v) is 4.49. The van der Waals surface area contributed by atoms with Gasteiger partial charge in [0.25, 0.3) is 0 Å². The number of amides is 3. The van der Waals surface area contributed by atoms with Crippen LogP contribution >= 0.6 is 0 Å². The summed E-state index contributed by atoms with van der Waals surface area (Å²) in [5.74, 6) is -0.259. The van der Waals surface area contributed by atoms with Crippen molar-refractivity contribution >= 4 is 22.0 Å². The third-order valence-electron chi connectivity index (χ3n) is 5.14. The molecule has 0 aromatic heterocycles. The Balaban J connectivity index is 1.77. The van der Waals surface area contributed by atoms with Gasteiger partial charge in [0.1, 0.15) is 0 Å². The second-order valence-electron chi connectivity index (χ2n) is 6.81. The molecular formula is C16H30N4O4S. The molecule has 0 aromatic carbocycles. The van der Waals surface area contributed by atoms with Crippen LogP contribution in [0.25, 0.3) is 0 Å². The van der Waals surface area contributed by atoms with E-state index in [1.807, 2.05) is 4.90 Å². The number of sulfonamides is 1. The topological polar surface area (TPSA) is 98.8 Å². The van der Waals surface area contributed by atoms with Gasteiger partial charge in [-0.25, -0.2) is 13.2 Å². The van der Waals surface area contributed by atoms with Gasteiger partial charge in [0.2, 0.25) is 15.9 Å². The van der Waals surface area contributed by atoms with Gasteiger partial charge < -0.3 is 5.32 Å². The van der Waals surface area contributed by atoms with E-state index in [2.05, 4.69) is 10.6 Å². The average molecular weight is 375 g/mol. The van der Waals surface area contributed by atoms with Gasteiger partial charge in [0.15, 0.2) is 0 Å². The van der Waals surface area contributed by atoms with Crippen LogP contribution in [0.1, 0.15) is 46.0 Å². The van der Waals surface area contributed by atoms with Crippen molar-refractivity contribution in [1.82, 2.24) is 19.8 Å². The number of urea groups is 1. The van der Waals surface area contributed by atoms with Crippen molar-refractivity contribution in [3.8, 4) is 0 Å². The Bertz CT molecular complexity index is 567. The monoisotopic (exact) mass is 374 g/mol. The zero-order valence-corrected chi connectivity index (χ0v) is 16.0. The molecule has 144 valence electrons. The van der Waals surface area contributed by atoms with Crippen molar-refractivity contribution in [2.45, 2.75) is 58.0 Å². The fraction of sp³-hybridized carbons (Fsp3) is 0.875. The zero-order chi connectivity index (χ0) is 18.4. The van der Waals surface area contributed by atoms with Crippen molar-refractivity contribution in [3.05, 3.63) is 0 Å². The maximum absolute atomic E-state index is 12.3. The zero-order valence-electron chi connectivity index (χ0n) is 15.2. The van der Waals surface area contributed by atoms with Gasteiger partial charge in [-0.05, 0) is 26.7 Å². The van der Waals surface area contributed by atoms with Crippen LogP contribution < -0.4 is 10.6 Å². The summed E-state index contributed by atoms with van der Waals surface area (Å²) in [5.41, 5.74) is 0. The van der Waals surface area contributed by atoms with Gasteiger partial charge in [-0.15, -0.1) is 0 Å². The van der Waals surface area contributed by atoms with Gasteiger partial charge in [-0.3, -0.25) is 15.0 Å². The Labute approximate surface area is 150 Å². The summed E-state index contributed by atoms with van der Waals surface area (Å²) in [6.45, 7) is 5.09. The molecule has 9 heteroatoms. The predicted octanol–water partition coefficient (Wildman–Crippen LogP) is 0.501. The molecule has 0 radical (unpaired) electrons. The smallest absolute Gasteiger partial charge is 0.321 e. The van der Waals surface area contributed by atoms with E-state index in [-0.39, 0.29) is 17.7 Å². The van der Waals surface area contributed by atoms with E-state index >= 15 is 0 Å². The van der Waals surface area contributed by atoms with Crippen molar-refractivity contribution < 1.29 is 18.0 Å². The highest BCUT2D eigenvalue weighted by Gasteiger charge is 2.30. The number of nitrogens with one attached hydrogen (secondary N) is 2. The van der Waals surface area contributed by atoms with Gasteiger partial charge in [-0.2, -0.15) is 4.31 Å². The number of carbonyl (C=O) groups is 2. The largest absolute Gasteiger partial charge is 0.335 e. The predicted molar refractivity (Wildman–Crippen MR) is 95.6 cm³/mol. The quantitative estimate of drug-likeness (QED) is 0.730. The first-order chi connectivity index (χ1) is 11.8. The first-order valence-electron chi connectivity index (χ1n) is 9.16. The second-order valence-corrected chi connectivity index (χ2v) is 9.07. The summed E-state index contributed by atoms with van der Waals surface area (Å²) in [7, 11) is -3.18. The average Bonchev–Trinajstić information content (AvgIpc) is 2.61. The minimum atomic E-state index is -3.18. The van der Waals surface area contributed by atoms with Crippen LogP contribution in [0.2, 0.25) is 0 Å². The van der Waals surface area contributed by atoms with Crippen molar-refractivity contribution in [3.63, 3.8) is 0 Å². The van der Waals surface area contributed by atoms with Crippen LogP contribution in [-0.2, 0) is 14.8 Å². The Kier molecular flexibility index (Phi) is 7.21. The number of carbonyl (C=O) groups excluding carboxylic acids is 2. The molecular weight excluding hydrogens is 344 g/mol. The molecule has 1 saturated heterocycles. The Morgan fingerprint density at radius 3 is 2.24 bits per heavy atom. The van der Waals surface area contributed by atoms with E-state index in [9.17, 15) is 18.0 Å². The highest BCUT2D eigenvalue weighted by Crippen LogP contribution is 2.17. The number of piperazine rings is 1. The molecule has 2 fully saturated rings. The molecule has 3 amide bonds. The first kappa shape index (κ1) is 20.1. The lowest BCUT2D eigenvalue weighted by Crippen LogP contribution is -2.56. The minimum Gasteiger partial charge on any atom is -0.335 e. The minimum absolute atomic E-state index is 0.0877. The Morgan fingerprint density at radius 2 is 1.68 bits per heavy atom. The summed E-state index contributed by atoms with van der Waals surface area (Å²) in [5, 5.41) is 5.28. The molecule has 2 aliphatic rings. The molecule has 2 rings (SSSR count). The number of imide groups is 1. The van der Waals surface area contributed by atoms with Gasteiger partial charge in [0, 0.05) is 32.2 Å². The molecule has 1 heterocycles. The van der Waals surface area contributed by atoms with E-state index in [4.69, 9.17) is 0 Å². The molecule has 25 heavy (non-hydrogen) atoms. The summed E-state index contributed by atoms with van der Waals surface area (Å²) in [4.78, 5) is 26.2. The summed E-state index contributed by atoms with van der Waals surface area (Å²) >= 11 is 0. The summed E-state index contributed by atoms with van der Waals surface area (Å²) in [6, 6.07) is -0.751. The van der Waals surface area contributed by atoms with Crippen LogP contribution in [0, 0.1) is 0 Å². The third kappa shape index (κ3) is 5.65. The number of hydrogen-bond acceptors (Lipinski definition) is 5. The van der Waals surface area contributed by atoms with Gasteiger partial charge in [0.05, 0.1) is 11.8 Å². The van der Waals surface area contributed by atoms with Crippen LogP contribution in [0.5, 0.6) is 0 Å². The van der Waals surface area contributed by atoms with Crippen LogP contribution in [-0.4, -0.2) is 73.6 Å². The number of nitrogens with zero attached hydrogens (tertiary/aromatic N) is 2. The molecule has 2 N–H and O–H groups in total. The van der Waals surface area contributed by atoms with Gasteiger partial charge in [-0.1, -0.05) is 19.3 Å². The molecule has 1 aliphatic carbocycles. The molecule has 0 spiro atoms. The molecule has 1 unspecified atom stereocenters. The molecule has 8 nitrogen and oxygen atoms in total. The Hall–Kier alpha value is -1.19. The molecule has 0 bridgehead atoms. The maximum Gasteiger partial charge on any atom is 0.321 e. The van der Waals surface area contributed by atoms with Crippen molar-refractivity contribution in [2.75, 3.05) is 31.9 Å². The van der Waals surface area contributed by atoms with Gasteiger partial charge >= 0.3 is 6.03 Å². The van der Waals surface area contributed by atoms with Crippen LogP contribution in [0.4, 0.5) is 4.79 Å². The lowest BCUT2D eigenvalue weighted by Gasteiger charge is -2.36. The van der Waals surface area contributed by atoms with Crippen molar-refractivity contribution in [1.29, 1.82) is 0 Å². The summed E-state index contributed by atoms with van der Waals surface area (Å²) in [6.07, 6.45) is 5.35. The number of hydrogen-bond donors (Lipinski definition) is 2. The first-order valence-corrected chi connectivity index (χ1v) is 10.8. The third-order valence-corrected chi connectivity index (χ3v) is 7.02. The Morgan fingerprint density at radius 1 is 1.08 bits per heavy atom. The van der Waals surface area contributed by atoms with Crippen LogP contribution in [0.15, 0.2) is 0 Å². The molecule has 1 atom stereocenters. The normalized spacial score (nSPS) is 22.3. The standard InChI is InChI=1S/C16H30N4O4S/c1-3-25(23,24)20-11-9-19(10-12-20)13(2)15(21)18-16(22)17-14-7-5-4-6-8-14/h13-14H,3-12H2,1-2H3,(H2,17,18,21,22). The SMILES string of the molecule is CCS(=O)(=O)N1CCN(C(C)C(=O)NC(=O)NC2CCCCC2)CC1. The lowest BCUT2D eigenvalue weighted by molar-refractivity contribution is -0.125. The van der Waals surface area contributed by atoms with Crippen molar-refractivity contribution in [2.24, 2.45) is 0 Å². The molecule has 1 saturated carbocycles. The van der Waals surface area contributed by atoms with E-state index in [0.29, 0.717) is 26.2 Å². The van der Waals surface area contributed by atoms with E-state index in [1.54, 1.807) is 13.8 Å². The van der Waals surface area contributed by atoms with E-state index < -0.39 is 22.1 Å². The lowest BCUT2D eigenvalue weighted by atomic mass is 9.96. The van der Waals surface area contributed by atoms with Crippen LogP contribution in [0.3, 0.4) is 0 Å². The highest BCUT2D eigenvalue weighted by molar-refractivity contribution is 7.89. The maximum atomic E-state index is 12.3. The second kappa shape index (κ2) is 8.95. The number of rotatable bonds is 5. The summed E-state index contributed by atoms with van der Waals surface area (Å²) < 4.78 is 25.2. The molecule has 1 aliphatic heterocycles. The van der Waals surface area contributed by atoms with E-state index in [1.165, 1.54) is 10.7 Å². The fourth-order valence-electron chi connectivity index (χ4n) is 3.40. The highest BCUT2D eigenvalue weighted by atomic mass is 32.2. The van der Waals surface area contributed by atoms with E-state index in [0.717, 1.165) is 25.7 Å².